The number of carbonyl (C=O) groups is 1. The Hall–Kier alpha value is -2.21. The first kappa shape index (κ1) is 14.2. The Morgan fingerprint density at radius 1 is 1.35 bits per heavy atom. The van der Waals surface area contributed by atoms with Crippen molar-refractivity contribution in [2.24, 2.45) is 5.73 Å². The maximum Gasteiger partial charge on any atom is 0.258 e. The number of nitrogens with zero attached hydrogens (tertiary/aromatic N) is 2. The molecule has 0 aromatic carbocycles. The minimum absolute atomic E-state index is 0.0823. The third-order valence-electron chi connectivity index (χ3n) is 2.96. The number of carbonyl (C=O) groups excluding carboxylic acids is 1. The molecule has 2 rings (SSSR count). The fourth-order valence-corrected chi connectivity index (χ4v) is 1.96. The van der Waals surface area contributed by atoms with E-state index in [9.17, 15) is 9.59 Å². The standard InChI is InChI=1S/C14H18N4O2/c15-12(19)5-1-3-7-16-10-11-9-14(20)18-8-4-2-6-13(18)17-11/h2,4,6,8-9,16H,1,3,5,7,10H2,(H2,15,19). The summed E-state index contributed by atoms with van der Waals surface area (Å²) in [4.78, 5) is 26.8. The van der Waals surface area contributed by atoms with Gasteiger partial charge in [-0.1, -0.05) is 6.07 Å². The molecule has 0 aliphatic carbocycles. The number of primary amides is 1. The van der Waals surface area contributed by atoms with Gasteiger partial charge in [-0.2, -0.15) is 0 Å². The third kappa shape index (κ3) is 3.89. The van der Waals surface area contributed by atoms with Crippen molar-refractivity contribution in [2.45, 2.75) is 25.8 Å². The van der Waals surface area contributed by atoms with E-state index in [0.717, 1.165) is 25.1 Å². The van der Waals surface area contributed by atoms with Crippen molar-refractivity contribution in [1.82, 2.24) is 14.7 Å². The predicted molar refractivity (Wildman–Crippen MR) is 76.2 cm³/mol. The van der Waals surface area contributed by atoms with Gasteiger partial charge in [-0.25, -0.2) is 4.98 Å². The smallest absolute Gasteiger partial charge is 0.258 e. The molecule has 6 heteroatoms. The van der Waals surface area contributed by atoms with Gasteiger partial charge >= 0.3 is 0 Å². The molecule has 2 aromatic rings. The highest BCUT2D eigenvalue weighted by atomic mass is 16.1. The van der Waals surface area contributed by atoms with Crippen molar-refractivity contribution in [3.05, 3.63) is 46.5 Å². The van der Waals surface area contributed by atoms with E-state index in [2.05, 4.69) is 10.3 Å². The van der Waals surface area contributed by atoms with E-state index in [1.807, 2.05) is 6.07 Å². The van der Waals surface area contributed by atoms with Crippen LogP contribution in [0, 0.1) is 0 Å². The summed E-state index contributed by atoms with van der Waals surface area (Å²) in [5.41, 5.74) is 6.34. The van der Waals surface area contributed by atoms with Gasteiger partial charge in [0.15, 0.2) is 0 Å². The van der Waals surface area contributed by atoms with Gasteiger partial charge in [0, 0.05) is 25.2 Å². The molecule has 6 nitrogen and oxygen atoms in total. The number of nitrogens with two attached hydrogens (primary N) is 1. The molecule has 2 heterocycles. The maximum atomic E-state index is 11.9. The Morgan fingerprint density at radius 2 is 2.20 bits per heavy atom. The lowest BCUT2D eigenvalue weighted by Gasteiger charge is -2.05. The number of rotatable bonds is 7. The van der Waals surface area contributed by atoms with Crippen LogP contribution in [0.25, 0.3) is 5.65 Å². The summed E-state index contributed by atoms with van der Waals surface area (Å²) < 4.78 is 1.51. The predicted octanol–water partition coefficient (Wildman–Crippen LogP) is 0.440. The van der Waals surface area contributed by atoms with Crippen molar-refractivity contribution in [3.8, 4) is 0 Å². The van der Waals surface area contributed by atoms with Crippen molar-refractivity contribution in [3.63, 3.8) is 0 Å². The normalized spacial score (nSPS) is 10.8. The molecule has 0 unspecified atom stereocenters. The lowest BCUT2D eigenvalue weighted by Crippen LogP contribution is -2.20. The molecule has 2 aromatic heterocycles. The summed E-state index contributed by atoms with van der Waals surface area (Å²) in [5.74, 6) is -0.269. The molecule has 0 radical (unpaired) electrons. The van der Waals surface area contributed by atoms with Crippen LogP contribution in [0.5, 0.6) is 0 Å². The summed E-state index contributed by atoms with van der Waals surface area (Å²) >= 11 is 0. The molecular weight excluding hydrogens is 256 g/mol. The molecule has 20 heavy (non-hydrogen) atoms. The average molecular weight is 274 g/mol. The Labute approximate surface area is 116 Å². The van der Waals surface area contributed by atoms with E-state index in [0.29, 0.717) is 18.6 Å². The summed E-state index contributed by atoms with van der Waals surface area (Å²) in [5, 5.41) is 3.20. The molecule has 0 fully saturated rings. The molecule has 0 aliphatic heterocycles. The van der Waals surface area contributed by atoms with E-state index in [1.165, 1.54) is 10.5 Å². The van der Waals surface area contributed by atoms with E-state index >= 15 is 0 Å². The molecule has 0 bridgehead atoms. The van der Waals surface area contributed by atoms with Gasteiger partial charge in [0.1, 0.15) is 5.65 Å². The molecule has 0 spiro atoms. The van der Waals surface area contributed by atoms with Crippen LogP contribution in [0.2, 0.25) is 0 Å². The van der Waals surface area contributed by atoms with E-state index in [4.69, 9.17) is 5.73 Å². The van der Waals surface area contributed by atoms with Crippen molar-refractivity contribution in [2.75, 3.05) is 6.54 Å². The summed E-state index contributed by atoms with van der Waals surface area (Å²) in [6.45, 7) is 1.31. The van der Waals surface area contributed by atoms with Crippen LogP contribution in [0.15, 0.2) is 35.3 Å². The first-order chi connectivity index (χ1) is 9.66. The molecule has 0 saturated carbocycles. The van der Waals surface area contributed by atoms with Gasteiger partial charge in [-0.05, 0) is 31.5 Å². The SMILES string of the molecule is NC(=O)CCCCNCc1cc(=O)n2ccccc2n1. The molecule has 106 valence electrons. The lowest BCUT2D eigenvalue weighted by molar-refractivity contribution is -0.118. The zero-order chi connectivity index (χ0) is 14.4. The number of amides is 1. The monoisotopic (exact) mass is 274 g/mol. The number of hydrogen-bond donors (Lipinski definition) is 2. The number of nitrogens with one attached hydrogen (secondary N) is 1. The highest BCUT2D eigenvalue weighted by Gasteiger charge is 2.01. The topological polar surface area (TPSA) is 89.5 Å². The number of fused-ring (bicyclic) bond motifs is 1. The van der Waals surface area contributed by atoms with Crippen molar-refractivity contribution >= 4 is 11.6 Å². The largest absolute Gasteiger partial charge is 0.370 e. The summed E-state index contributed by atoms with van der Waals surface area (Å²) in [7, 11) is 0. The maximum absolute atomic E-state index is 11.9. The minimum atomic E-state index is -0.269. The van der Waals surface area contributed by atoms with E-state index in [-0.39, 0.29) is 11.5 Å². The molecule has 0 aliphatic rings. The zero-order valence-corrected chi connectivity index (χ0v) is 11.2. The summed E-state index contributed by atoms with van der Waals surface area (Å²) in [6, 6.07) is 6.98. The fraction of sp³-hybridized carbons (Fsp3) is 0.357. The van der Waals surface area contributed by atoms with Crippen LogP contribution in [-0.4, -0.2) is 21.8 Å². The second-order valence-corrected chi connectivity index (χ2v) is 4.61. The van der Waals surface area contributed by atoms with Crippen LogP contribution in [0.3, 0.4) is 0 Å². The Bertz CT molecular complexity index is 651. The third-order valence-corrected chi connectivity index (χ3v) is 2.96. The average Bonchev–Trinajstić information content (AvgIpc) is 2.42. The molecule has 0 saturated heterocycles. The van der Waals surface area contributed by atoms with Crippen LogP contribution < -0.4 is 16.6 Å². The number of hydrogen-bond acceptors (Lipinski definition) is 4. The van der Waals surface area contributed by atoms with Crippen LogP contribution in [-0.2, 0) is 11.3 Å². The van der Waals surface area contributed by atoms with Gasteiger partial charge in [0.25, 0.3) is 5.56 Å². The van der Waals surface area contributed by atoms with Crippen LogP contribution >= 0.6 is 0 Å². The fourth-order valence-electron chi connectivity index (χ4n) is 1.96. The van der Waals surface area contributed by atoms with Gasteiger partial charge in [0.05, 0.1) is 5.69 Å². The highest BCUT2D eigenvalue weighted by Crippen LogP contribution is 1.99. The zero-order valence-electron chi connectivity index (χ0n) is 11.2. The van der Waals surface area contributed by atoms with Crippen LogP contribution in [0.4, 0.5) is 0 Å². The molecular formula is C14H18N4O2. The van der Waals surface area contributed by atoms with Gasteiger partial charge < -0.3 is 11.1 Å². The second kappa shape index (κ2) is 6.81. The van der Waals surface area contributed by atoms with Gasteiger partial charge in [0.2, 0.25) is 5.91 Å². The lowest BCUT2D eigenvalue weighted by atomic mass is 10.2. The first-order valence-electron chi connectivity index (χ1n) is 6.63. The van der Waals surface area contributed by atoms with Gasteiger partial charge in [-0.3, -0.25) is 14.0 Å². The Balaban J connectivity index is 1.87. The van der Waals surface area contributed by atoms with Crippen LogP contribution in [0.1, 0.15) is 25.0 Å². The Kier molecular flexibility index (Phi) is 4.84. The second-order valence-electron chi connectivity index (χ2n) is 4.61. The minimum Gasteiger partial charge on any atom is -0.370 e. The van der Waals surface area contributed by atoms with Crippen molar-refractivity contribution in [1.29, 1.82) is 0 Å². The molecule has 1 amide bonds. The number of unbranched alkanes of at least 4 members (excludes halogenated alkanes) is 1. The first-order valence-corrected chi connectivity index (χ1v) is 6.63. The van der Waals surface area contributed by atoms with Gasteiger partial charge in [-0.15, -0.1) is 0 Å². The van der Waals surface area contributed by atoms with E-state index < -0.39 is 0 Å². The Morgan fingerprint density at radius 3 is 3.00 bits per heavy atom. The number of aromatic nitrogens is 2. The van der Waals surface area contributed by atoms with Crippen molar-refractivity contribution < 1.29 is 4.79 Å². The quantitative estimate of drug-likeness (QED) is 0.717. The molecule has 0 atom stereocenters. The number of pyridine rings is 1. The van der Waals surface area contributed by atoms with E-state index in [1.54, 1.807) is 18.3 Å². The molecule has 3 N–H and O–H groups in total. The summed E-state index contributed by atoms with van der Waals surface area (Å²) in [6.07, 6.45) is 3.76. The highest BCUT2D eigenvalue weighted by molar-refractivity contribution is 5.73.